The molecule has 0 saturated carbocycles. The highest BCUT2D eigenvalue weighted by molar-refractivity contribution is 9.10. The number of halogens is 2. The van der Waals surface area contributed by atoms with Crippen molar-refractivity contribution in [2.24, 2.45) is 10.2 Å². The minimum absolute atomic E-state index is 0.232. The van der Waals surface area contributed by atoms with Gasteiger partial charge in [-0.2, -0.15) is 5.11 Å². The number of azo groups is 1. The maximum Gasteiger partial charge on any atom is 0.295 e. The van der Waals surface area contributed by atoms with Gasteiger partial charge in [0, 0.05) is 16.6 Å². The molecule has 1 unspecified atom stereocenters. The summed E-state index contributed by atoms with van der Waals surface area (Å²) in [6, 6.07) is 11.8. The van der Waals surface area contributed by atoms with Gasteiger partial charge in [0.2, 0.25) is 0 Å². The van der Waals surface area contributed by atoms with Crippen LogP contribution < -0.4 is 5.32 Å². The molecule has 116 valence electrons. The smallest absolute Gasteiger partial charge is 0.295 e. The van der Waals surface area contributed by atoms with Gasteiger partial charge in [-0.25, -0.2) is 0 Å². The van der Waals surface area contributed by atoms with Crippen LogP contribution in [-0.2, 0) is 0 Å². The number of benzene rings is 2. The molecule has 1 aliphatic rings. The molecule has 1 heterocycles. The molecule has 2 amide bonds. The molecule has 5 nitrogen and oxygen atoms in total. The summed E-state index contributed by atoms with van der Waals surface area (Å²) in [5.74, 6) is -0.668. The number of carbonyl (C=O) groups is 2. The van der Waals surface area contributed by atoms with Gasteiger partial charge in [-0.15, -0.1) is 5.11 Å². The van der Waals surface area contributed by atoms with Crippen LogP contribution in [0.5, 0.6) is 0 Å². The quantitative estimate of drug-likeness (QED) is 0.851. The van der Waals surface area contributed by atoms with Gasteiger partial charge in [-0.1, -0.05) is 45.7 Å². The zero-order valence-electron chi connectivity index (χ0n) is 11.8. The van der Waals surface area contributed by atoms with Crippen LogP contribution in [0.2, 0.25) is 5.02 Å². The summed E-state index contributed by atoms with van der Waals surface area (Å²) in [4.78, 5) is 24.0. The fourth-order valence-corrected chi connectivity index (χ4v) is 2.89. The maximum absolute atomic E-state index is 12.3. The average molecular weight is 393 g/mol. The second-order valence-electron chi connectivity index (χ2n) is 4.96. The lowest BCUT2D eigenvalue weighted by atomic mass is 9.99. The Morgan fingerprint density at radius 3 is 2.87 bits per heavy atom. The van der Waals surface area contributed by atoms with E-state index in [1.54, 1.807) is 30.3 Å². The summed E-state index contributed by atoms with van der Waals surface area (Å²) in [7, 11) is 0. The highest BCUT2D eigenvalue weighted by atomic mass is 79.9. The Bertz CT molecular complexity index is 823. The van der Waals surface area contributed by atoms with Crippen LogP contribution in [0.3, 0.4) is 0 Å². The Hall–Kier alpha value is -2.05. The monoisotopic (exact) mass is 391 g/mol. The maximum atomic E-state index is 12.3. The number of nitrogens with zero attached hydrogens (tertiary/aromatic N) is 2. The summed E-state index contributed by atoms with van der Waals surface area (Å²) < 4.78 is 0.764. The molecule has 0 saturated heterocycles. The third-order valence-corrected chi connectivity index (χ3v) is 4.29. The Kier molecular flexibility index (Phi) is 4.54. The van der Waals surface area contributed by atoms with E-state index in [4.69, 9.17) is 11.6 Å². The van der Waals surface area contributed by atoms with Crippen LogP contribution in [0.4, 0.5) is 0 Å². The molecule has 0 bridgehead atoms. The van der Waals surface area contributed by atoms with Gasteiger partial charge in [0.05, 0.1) is 10.6 Å². The normalized spacial score (nSPS) is 16.1. The molecule has 23 heavy (non-hydrogen) atoms. The molecule has 0 spiro atoms. The molecule has 1 atom stereocenters. The van der Waals surface area contributed by atoms with Gasteiger partial charge in [0.1, 0.15) is 6.04 Å². The fraction of sp³-hybridized carbons (Fsp3) is 0.125. The van der Waals surface area contributed by atoms with Crippen molar-refractivity contribution in [2.75, 3.05) is 6.54 Å². The number of nitrogens with one attached hydrogen (secondary N) is 1. The second-order valence-corrected chi connectivity index (χ2v) is 6.28. The van der Waals surface area contributed by atoms with E-state index >= 15 is 0 Å². The Labute approximate surface area is 145 Å². The summed E-state index contributed by atoms with van der Waals surface area (Å²) in [5.41, 5.74) is 1.65. The third-order valence-electron chi connectivity index (χ3n) is 3.47. The van der Waals surface area contributed by atoms with E-state index in [0.717, 1.165) is 10.0 Å². The van der Waals surface area contributed by atoms with Gasteiger partial charge < -0.3 is 5.32 Å². The van der Waals surface area contributed by atoms with Gasteiger partial charge in [-0.3, -0.25) is 9.59 Å². The van der Waals surface area contributed by atoms with Crippen molar-refractivity contribution in [3.05, 3.63) is 68.7 Å². The zero-order valence-corrected chi connectivity index (χ0v) is 14.1. The fourth-order valence-electron chi connectivity index (χ4n) is 2.33. The van der Waals surface area contributed by atoms with Crippen LogP contribution in [0.1, 0.15) is 32.3 Å². The first-order chi connectivity index (χ1) is 11.1. The largest absolute Gasteiger partial charge is 0.349 e. The molecule has 2 aromatic rings. The number of rotatable bonds is 3. The number of carbonyl (C=O) groups excluding carboxylic acids is 2. The molecule has 2 aromatic carbocycles. The van der Waals surface area contributed by atoms with Crippen molar-refractivity contribution in [3.63, 3.8) is 0 Å². The predicted octanol–water partition coefficient (Wildman–Crippen LogP) is 4.18. The summed E-state index contributed by atoms with van der Waals surface area (Å²) >= 11 is 9.36. The Morgan fingerprint density at radius 2 is 2.04 bits per heavy atom. The summed E-state index contributed by atoms with van der Waals surface area (Å²) in [5, 5.41) is 10.8. The van der Waals surface area contributed by atoms with Crippen molar-refractivity contribution < 1.29 is 9.59 Å². The lowest BCUT2D eigenvalue weighted by Crippen LogP contribution is -2.29. The van der Waals surface area contributed by atoms with Crippen LogP contribution in [0, 0.1) is 0 Å². The number of fused-ring (bicyclic) bond motifs is 1. The van der Waals surface area contributed by atoms with E-state index in [2.05, 4.69) is 31.5 Å². The Morgan fingerprint density at radius 1 is 1.26 bits per heavy atom. The first-order valence-electron chi connectivity index (χ1n) is 6.83. The third kappa shape index (κ3) is 3.33. The van der Waals surface area contributed by atoms with E-state index in [1.807, 2.05) is 12.1 Å². The van der Waals surface area contributed by atoms with Crippen molar-refractivity contribution in [3.8, 4) is 0 Å². The van der Waals surface area contributed by atoms with E-state index in [1.165, 1.54) is 0 Å². The molecule has 0 aromatic heterocycles. The lowest BCUT2D eigenvalue weighted by molar-refractivity contribution is 0.0950. The lowest BCUT2D eigenvalue weighted by Gasteiger charge is -2.18. The second kappa shape index (κ2) is 6.60. The van der Waals surface area contributed by atoms with Crippen LogP contribution in [0.15, 0.2) is 57.2 Å². The van der Waals surface area contributed by atoms with Gasteiger partial charge in [0.15, 0.2) is 0 Å². The van der Waals surface area contributed by atoms with Crippen molar-refractivity contribution in [1.29, 1.82) is 0 Å². The minimum Gasteiger partial charge on any atom is -0.349 e. The number of hydrogen-bond donors (Lipinski definition) is 1. The first-order valence-corrected chi connectivity index (χ1v) is 8.00. The highest BCUT2D eigenvalue weighted by Gasteiger charge is 2.24. The van der Waals surface area contributed by atoms with Crippen LogP contribution >= 0.6 is 27.5 Å². The predicted molar refractivity (Wildman–Crippen MR) is 89.9 cm³/mol. The minimum atomic E-state index is -0.390. The molecule has 0 radical (unpaired) electrons. The number of hydrogen-bond acceptors (Lipinski definition) is 3. The van der Waals surface area contributed by atoms with Crippen molar-refractivity contribution in [1.82, 2.24) is 5.32 Å². The molecular weight excluding hydrogens is 382 g/mol. The standard InChI is InChI=1S/C16H11BrClN3O2/c17-9-5-6-13(18)12(7-9)15(22)19-8-14-10-3-1-2-4-11(10)16(23)21-20-14/h1-7,14H,8H2,(H,19,22). The molecule has 1 aliphatic heterocycles. The van der Waals surface area contributed by atoms with Crippen LogP contribution in [-0.4, -0.2) is 18.4 Å². The number of amides is 2. The van der Waals surface area contributed by atoms with E-state index < -0.39 is 6.04 Å². The molecule has 7 heteroatoms. The van der Waals surface area contributed by atoms with Gasteiger partial charge >= 0.3 is 0 Å². The summed E-state index contributed by atoms with van der Waals surface area (Å²) in [6.45, 7) is 0.232. The van der Waals surface area contributed by atoms with E-state index in [-0.39, 0.29) is 18.4 Å². The van der Waals surface area contributed by atoms with Gasteiger partial charge in [0.25, 0.3) is 11.8 Å². The molecule has 3 rings (SSSR count). The average Bonchev–Trinajstić information content (AvgIpc) is 2.56. The van der Waals surface area contributed by atoms with Gasteiger partial charge in [-0.05, 0) is 29.8 Å². The van der Waals surface area contributed by atoms with Crippen molar-refractivity contribution in [2.45, 2.75) is 6.04 Å². The van der Waals surface area contributed by atoms with Crippen LogP contribution in [0.25, 0.3) is 0 Å². The SMILES string of the molecule is O=C(NCC1N=NC(=O)c2ccccc21)c1cc(Br)ccc1Cl. The Balaban J connectivity index is 1.76. The van der Waals surface area contributed by atoms with E-state index in [0.29, 0.717) is 16.1 Å². The van der Waals surface area contributed by atoms with Crippen molar-refractivity contribution >= 4 is 39.3 Å². The molecule has 0 fully saturated rings. The summed E-state index contributed by atoms with van der Waals surface area (Å²) in [6.07, 6.45) is 0. The molecule has 1 N–H and O–H groups in total. The van der Waals surface area contributed by atoms with E-state index in [9.17, 15) is 9.59 Å². The zero-order chi connectivity index (χ0) is 16.4. The topological polar surface area (TPSA) is 70.9 Å². The highest BCUT2D eigenvalue weighted by Crippen LogP contribution is 2.27. The first kappa shape index (κ1) is 15.8. The molecule has 0 aliphatic carbocycles. The molecular formula is C16H11BrClN3O2.